The second kappa shape index (κ2) is 5.57. The summed E-state index contributed by atoms with van der Waals surface area (Å²) in [6, 6.07) is 7.27. The molecular weight excluding hydrogens is 310 g/mol. The largest absolute Gasteiger partial charge is 0.331 e. The second-order valence-corrected chi connectivity index (χ2v) is 4.98. The van der Waals surface area contributed by atoms with Gasteiger partial charge in [-0.25, -0.2) is 13.6 Å². The molecule has 0 unspecified atom stereocenters. The zero-order valence-electron chi connectivity index (χ0n) is 11.0. The smallest absolute Gasteiger partial charge is 0.323 e. The maximum Gasteiger partial charge on any atom is 0.323 e. The van der Waals surface area contributed by atoms with E-state index in [9.17, 15) is 13.6 Å². The van der Waals surface area contributed by atoms with Crippen LogP contribution in [0.5, 0.6) is 0 Å². The Morgan fingerprint density at radius 2 is 1.55 bits per heavy atom. The number of H-pyrrole nitrogens is 2. The van der Waals surface area contributed by atoms with Crippen molar-refractivity contribution < 1.29 is 13.6 Å². The molecule has 4 N–H and O–H groups in total. The van der Waals surface area contributed by atoms with Gasteiger partial charge in [0.2, 0.25) is 0 Å². The molecule has 8 heteroatoms. The quantitative estimate of drug-likeness (QED) is 0.536. The Kier molecular flexibility index (Phi) is 3.60. The number of carbonyl (C=O) groups excluding carboxylic acids is 1. The number of aromatic amines is 2. The maximum atomic E-state index is 13.1. The first-order chi connectivity index (χ1) is 10.5. The molecular formula is C14H10F2N4OS. The van der Waals surface area contributed by atoms with Gasteiger partial charge in [-0.15, -0.1) is 0 Å². The van der Waals surface area contributed by atoms with Crippen LogP contribution in [-0.4, -0.2) is 16.0 Å². The van der Waals surface area contributed by atoms with Crippen LogP contribution in [0.15, 0.2) is 36.4 Å². The number of benzene rings is 2. The highest BCUT2D eigenvalue weighted by Gasteiger charge is 2.06. The molecule has 5 nitrogen and oxygen atoms in total. The third-order valence-corrected chi connectivity index (χ3v) is 3.10. The summed E-state index contributed by atoms with van der Waals surface area (Å²) in [5.74, 6) is -1.53. The first-order valence-electron chi connectivity index (χ1n) is 6.26. The van der Waals surface area contributed by atoms with Crippen LogP contribution >= 0.6 is 12.2 Å². The zero-order chi connectivity index (χ0) is 15.7. The number of halogens is 2. The molecule has 2 amide bonds. The van der Waals surface area contributed by atoms with Crippen molar-refractivity contribution in [1.82, 2.24) is 9.97 Å². The number of imidazole rings is 1. The minimum Gasteiger partial charge on any atom is -0.331 e. The number of anilines is 2. The average Bonchev–Trinajstić information content (AvgIpc) is 2.76. The van der Waals surface area contributed by atoms with Gasteiger partial charge < -0.3 is 20.6 Å². The lowest BCUT2D eigenvalue weighted by Crippen LogP contribution is -2.19. The van der Waals surface area contributed by atoms with Crippen LogP contribution in [0.4, 0.5) is 25.0 Å². The Morgan fingerprint density at radius 1 is 0.909 bits per heavy atom. The van der Waals surface area contributed by atoms with Gasteiger partial charge in [-0.3, -0.25) is 0 Å². The van der Waals surface area contributed by atoms with E-state index < -0.39 is 17.7 Å². The maximum absolute atomic E-state index is 13.1. The fraction of sp³-hybridized carbons (Fsp3) is 0. The molecule has 3 aromatic rings. The predicted molar refractivity (Wildman–Crippen MR) is 82.5 cm³/mol. The van der Waals surface area contributed by atoms with E-state index in [4.69, 9.17) is 12.2 Å². The van der Waals surface area contributed by atoms with E-state index in [0.717, 1.165) is 29.2 Å². The van der Waals surface area contributed by atoms with E-state index in [0.29, 0.717) is 10.5 Å². The van der Waals surface area contributed by atoms with Crippen molar-refractivity contribution in [3.63, 3.8) is 0 Å². The lowest BCUT2D eigenvalue weighted by molar-refractivity contribution is 0.262. The molecule has 0 radical (unpaired) electrons. The van der Waals surface area contributed by atoms with Crippen molar-refractivity contribution in [3.05, 3.63) is 52.8 Å². The van der Waals surface area contributed by atoms with Crippen molar-refractivity contribution in [1.29, 1.82) is 0 Å². The molecule has 0 fully saturated rings. The Morgan fingerprint density at radius 3 is 2.27 bits per heavy atom. The van der Waals surface area contributed by atoms with Crippen molar-refractivity contribution in [2.24, 2.45) is 0 Å². The number of amides is 2. The Hall–Kier alpha value is -2.74. The number of hydrogen-bond donors (Lipinski definition) is 4. The topological polar surface area (TPSA) is 72.7 Å². The summed E-state index contributed by atoms with van der Waals surface area (Å²) < 4.78 is 26.6. The van der Waals surface area contributed by atoms with Crippen LogP contribution < -0.4 is 10.6 Å². The van der Waals surface area contributed by atoms with E-state index in [-0.39, 0.29) is 5.69 Å². The van der Waals surface area contributed by atoms with Gasteiger partial charge in [0, 0.05) is 17.4 Å². The molecule has 0 bridgehead atoms. The van der Waals surface area contributed by atoms with Crippen LogP contribution in [0.2, 0.25) is 0 Å². The van der Waals surface area contributed by atoms with E-state index >= 15 is 0 Å². The number of nitrogens with one attached hydrogen (secondary N) is 4. The highest BCUT2D eigenvalue weighted by Crippen LogP contribution is 2.17. The second-order valence-electron chi connectivity index (χ2n) is 4.58. The Balaban J connectivity index is 1.76. The minimum absolute atomic E-state index is 0.0251. The number of rotatable bonds is 2. The van der Waals surface area contributed by atoms with Crippen LogP contribution in [0.3, 0.4) is 0 Å². The minimum atomic E-state index is -0.767. The predicted octanol–water partition coefficient (Wildman–Crippen LogP) is 4.15. The molecule has 22 heavy (non-hydrogen) atoms. The Labute approximate surface area is 128 Å². The molecule has 112 valence electrons. The van der Waals surface area contributed by atoms with E-state index in [1.807, 2.05) is 0 Å². The molecule has 0 aliphatic rings. The highest BCUT2D eigenvalue weighted by molar-refractivity contribution is 7.71. The summed E-state index contributed by atoms with van der Waals surface area (Å²) in [6.45, 7) is 0. The standard InChI is InChI=1S/C14H10F2N4OS/c15-7-3-8(16)5-10(4-7)18-13(21)17-9-1-2-11-12(6-9)20-14(22)19-11/h1-6H,(H2,17,18,21)(H2,19,20,22). The molecule has 1 heterocycles. The summed E-state index contributed by atoms with van der Waals surface area (Å²) in [5.41, 5.74) is 2.08. The van der Waals surface area contributed by atoms with Gasteiger partial charge in [-0.1, -0.05) is 0 Å². The van der Waals surface area contributed by atoms with Gasteiger partial charge in [0.15, 0.2) is 4.77 Å². The molecule has 0 atom stereocenters. The van der Waals surface area contributed by atoms with Crippen molar-refractivity contribution in [2.75, 3.05) is 10.6 Å². The number of fused-ring (bicyclic) bond motifs is 1. The molecule has 1 aromatic heterocycles. The summed E-state index contributed by atoms with van der Waals surface area (Å²) in [7, 11) is 0. The van der Waals surface area contributed by atoms with Gasteiger partial charge in [-0.05, 0) is 42.5 Å². The first-order valence-corrected chi connectivity index (χ1v) is 6.66. The summed E-state index contributed by atoms with van der Waals surface area (Å²) in [6.07, 6.45) is 0. The molecule has 0 aliphatic carbocycles. The normalized spacial score (nSPS) is 10.6. The lowest BCUT2D eigenvalue weighted by atomic mass is 10.3. The SMILES string of the molecule is O=C(Nc1cc(F)cc(F)c1)Nc1ccc2[nH]c(=S)[nH]c2c1. The number of aromatic nitrogens is 2. The number of hydrogen-bond acceptors (Lipinski definition) is 2. The van der Waals surface area contributed by atoms with E-state index in [1.54, 1.807) is 18.2 Å². The molecule has 2 aromatic carbocycles. The van der Waals surface area contributed by atoms with Gasteiger partial charge in [-0.2, -0.15) is 0 Å². The third-order valence-electron chi connectivity index (χ3n) is 2.89. The van der Waals surface area contributed by atoms with Gasteiger partial charge in [0.1, 0.15) is 11.6 Å². The first kappa shape index (κ1) is 14.2. The van der Waals surface area contributed by atoms with Crippen molar-refractivity contribution >= 4 is 40.7 Å². The van der Waals surface area contributed by atoms with Crippen molar-refractivity contribution in [2.45, 2.75) is 0 Å². The molecule has 0 saturated heterocycles. The average molecular weight is 320 g/mol. The van der Waals surface area contributed by atoms with Crippen LogP contribution in [0.1, 0.15) is 0 Å². The molecule has 0 aliphatic heterocycles. The monoisotopic (exact) mass is 320 g/mol. The summed E-state index contributed by atoms with van der Waals surface area (Å²) in [5, 5.41) is 4.92. The number of urea groups is 1. The third kappa shape index (κ3) is 3.12. The van der Waals surface area contributed by atoms with Gasteiger partial charge in [0.05, 0.1) is 11.0 Å². The molecule has 0 spiro atoms. The van der Waals surface area contributed by atoms with Crippen LogP contribution in [0, 0.1) is 16.4 Å². The number of carbonyl (C=O) groups is 1. The fourth-order valence-corrected chi connectivity index (χ4v) is 2.25. The molecule has 3 rings (SSSR count). The van der Waals surface area contributed by atoms with Crippen LogP contribution in [-0.2, 0) is 0 Å². The van der Waals surface area contributed by atoms with E-state index in [1.165, 1.54) is 0 Å². The molecule has 0 saturated carbocycles. The van der Waals surface area contributed by atoms with Crippen molar-refractivity contribution in [3.8, 4) is 0 Å². The zero-order valence-corrected chi connectivity index (χ0v) is 11.9. The Bertz CT molecular complexity index is 898. The van der Waals surface area contributed by atoms with Gasteiger partial charge >= 0.3 is 6.03 Å². The van der Waals surface area contributed by atoms with Crippen LogP contribution in [0.25, 0.3) is 11.0 Å². The summed E-state index contributed by atoms with van der Waals surface area (Å²) >= 11 is 4.97. The summed E-state index contributed by atoms with van der Waals surface area (Å²) in [4.78, 5) is 17.7. The fourth-order valence-electron chi connectivity index (χ4n) is 2.03. The highest BCUT2D eigenvalue weighted by atomic mass is 32.1. The van der Waals surface area contributed by atoms with E-state index in [2.05, 4.69) is 20.6 Å². The van der Waals surface area contributed by atoms with Gasteiger partial charge in [0.25, 0.3) is 0 Å². The lowest BCUT2D eigenvalue weighted by Gasteiger charge is -2.08.